The second kappa shape index (κ2) is 8.38. The molecule has 1 heterocycles. The normalized spacial score (nSPS) is 12.8. The molecular weight excluding hydrogens is 330 g/mol. The second-order valence-electron chi connectivity index (χ2n) is 5.82. The first-order chi connectivity index (χ1) is 12.7. The fourth-order valence-corrected chi connectivity index (χ4v) is 2.78. The topological polar surface area (TPSA) is 63.2 Å². The molecule has 136 valence electrons. The Bertz CT molecular complexity index is 783. The molecule has 0 aromatic heterocycles. The molecule has 0 saturated carbocycles. The molecule has 1 N–H and O–H groups in total. The molecule has 0 fully saturated rings. The average Bonchev–Trinajstić information content (AvgIpc) is 2.69. The Morgan fingerprint density at radius 3 is 2.46 bits per heavy atom. The third-order valence-electron chi connectivity index (χ3n) is 4.20. The predicted octanol–water partition coefficient (Wildman–Crippen LogP) is 3.07. The van der Waals surface area contributed by atoms with Gasteiger partial charge < -0.3 is 14.4 Å². The zero-order chi connectivity index (χ0) is 18.4. The number of amides is 1. The second-order valence-corrected chi connectivity index (χ2v) is 5.82. The van der Waals surface area contributed by atoms with E-state index < -0.39 is 0 Å². The van der Waals surface area contributed by atoms with Crippen LogP contribution in [0.25, 0.3) is 0 Å². The van der Waals surface area contributed by atoms with Crippen molar-refractivity contribution in [2.75, 3.05) is 31.2 Å². The van der Waals surface area contributed by atoms with Crippen molar-refractivity contribution in [2.24, 2.45) is 5.10 Å². The first-order valence-corrected chi connectivity index (χ1v) is 8.79. The van der Waals surface area contributed by atoms with Gasteiger partial charge in [-0.25, -0.2) is 5.43 Å². The van der Waals surface area contributed by atoms with Gasteiger partial charge in [-0.15, -0.1) is 0 Å². The quantitative estimate of drug-likeness (QED) is 0.640. The van der Waals surface area contributed by atoms with Gasteiger partial charge in [0.25, 0.3) is 5.91 Å². The van der Waals surface area contributed by atoms with E-state index in [0.717, 1.165) is 30.1 Å². The van der Waals surface area contributed by atoms with Crippen molar-refractivity contribution in [1.82, 2.24) is 5.43 Å². The van der Waals surface area contributed by atoms with Crippen molar-refractivity contribution in [3.8, 4) is 11.5 Å². The average molecular weight is 353 g/mol. The van der Waals surface area contributed by atoms with Gasteiger partial charge in [-0.2, -0.15) is 5.10 Å². The van der Waals surface area contributed by atoms with Crippen LogP contribution in [0.3, 0.4) is 0 Å². The Morgan fingerprint density at radius 2 is 1.77 bits per heavy atom. The molecule has 0 saturated heterocycles. The molecular formula is C20H23N3O3. The highest BCUT2D eigenvalue weighted by molar-refractivity contribution is 5.95. The van der Waals surface area contributed by atoms with Gasteiger partial charge >= 0.3 is 0 Å². The van der Waals surface area contributed by atoms with E-state index in [2.05, 4.69) is 29.3 Å². The highest BCUT2D eigenvalue weighted by Gasteiger charge is 2.11. The van der Waals surface area contributed by atoms with E-state index in [1.807, 2.05) is 42.5 Å². The highest BCUT2D eigenvalue weighted by Crippen LogP contribution is 2.30. The minimum Gasteiger partial charge on any atom is -0.486 e. The number of carbonyl (C=O) groups excluding carboxylic acids is 1. The number of hydrogen-bond donors (Lipinski definition) is 1. The van der Waals surface area contributed by atoms with E-state index in [1.54, 1.807) is 6.21 Å². The molecule has 2 aromatic carbocycles. The van der Waals surface area contributed by atoms with Crippen molar-refractivity contribution < 1.29 is 14.3 Å². The standard InChI is InChI=1S/C20H23N3O3/c1-3-23(4-2)17-8-6-16(7-9-17)20(24)22-21-14-15-5-10-18-19(13-15)26-12-11-25-18/h5-10,13-14H,3-4,11-12H2,1-2H3,(H,22,24)/b21-14-. The summed E-state index contributed by atoms with van der Waals surface area (Å²) in [5.41, 5.74) is 5.05. The van der Waals surface area contributed by atoms with Gasteiger partial charge in [-0.05, 0) is 61.9 Å². The molecule has 0 radical (unpaired) electrons. The Hall–Kier alpha value is -3.02. The Morgan fingerprint density at radius 1 is 1.08 bits per heavy atom. The van der Waals surface area contributed by atoms with Crippen molar-refractivity contribution in [3.63, 3.8) is 0 Å². The molecule has 3 rings (SSSR count). The van der Waals surface area contributed by atoms with Crippen LogP contribution in [0, 0.1) is 0 Å². The van der Waals surface area contributed by atoms with E-state index in [0.29, 0.717) is 24.5 Å². The summed E-state index contributed by atoms with van der Waals surface area (Å²) in [7, 11) is 0. The number of nitrogens with zero attached hydrogens (tertiary/aromatic N) is 2. The lowest BCUT2D eigenvalue weighted by Crippen LogP contribution is -2.22. The minimum atomic E-state index is -0.245. The molecule has 0 unspecified atom stereocenters. The number of fused-ring (bicyclic) bond motifs is 1. The Labute approximate surface area is 153 Å². The number of carbonyl (C=O) groups is 1. The Kier molecular flexibility index (Phi) is 5.73. The maximum atomic E-state index is 12.2. The van der Waals surface area contributed by atoms with Crippen LogP contribution in [0.15, 0.2) is 47.6 Å². The number of benzene rings is 2. The predicted molar refractivity (Wildman–Crippen MR) is 102 cm³/mol. The van der Waals surface area contributed by atoms with E-state index in [-0.39, 0.29) is 5.91 Å². The summed E-state index contributed by atoms with van der Waals surface area (Å²) in [6.07, 6.45) is 1.58. The summed E-state index contributed by atoms with van der Waals surface area (Å²) in [5.74, 6) is 1.18. The molecule has 1 aliphatic heterocycles. The number of rotatable bonds is 6. The zero-order valence-corrected chi connectivity index (χ0v) is 15.1. The number of nitrogens with one attached hydrogen (secondary N) is 1. The lowest BCUT2D eigenvalue weighted by molar-refractivity contribution is 0.0955. The summed E-state index contributed by atoms with van der Waals surface area (Å²) >= 11 is 0. The minimum absolute atomic E-state index is 0.245. The molecule has 6 nitrogen and oxygen atoms in total. The van der Waals surface area contributed by atoms with Gasteiger partial charge in [0.05, 0.1) is 6.21 Å². The van der Waals surface area contributed by atoms with Gasteiger partial charge in [0.1, 0.15) is 13.2 Å². The molecule has 2 aromatic rings. The van der Waals surface area contributed by atoms with Crippen molar-refractivity contribution in [1.29, 1.82) is 0 Å². The van der Waals surface area contributed by atoms with Crippen LogP contribution in [0.2, 0.25) is 0 Å². The van der Waals surface area contributed by atoms with Gasteiger partial charge in [-0.3, -0.25) is 4.79 Å². The summed E-state index contributed by atoms with van der Waals surface area (Å²) in [6.45, 7) is 7.18. The van der Waals surface area contributed by atoms with Crippen molar-refractivity contribution in [2.45, 2.75) is 13.8 Å². The molecule has 6 heteroatoms. The van der Waals surface area contributed by atoms with Gasteiger partial charge in [0.15, 0.2) is 11.5 Å². The van der Waals surface area contributed by atoms with Gasteiger partial charge in [0.2, 0.25) is 0 Å². The lowest BCUT2D eigenvalue weighted by atomic mass is 10.2. The largest absolute Gasteiger partial charge is 0.486 e. The molecule has 1 aliphatic rings. The molecule has 0 atom stereocenters. The number of hydrazone groups is 1. The molecule has 26 heavy (non-hydrogen) atoms. The SMILES string of the molecule is CCN(CC)c1ccc(C(=O)N/N=C\c2ccc3c(c2)OCCO3)cc1. The fraction of sp³-hybridized carbons (Fsp3) is 0.300. The zero-order valence-electron chi connectivity index (χ0n) is 15.1. The first kappa shape index (κ1) is 17.8. The summed E-state index contributed by atoms with van der Waals surface area (Å²) in [6, 6.07) is 13.1. The fourth-order valence-electron chi connectivity index (χ4n) is 2.78. The summed E-state index contributed by atoms with van der Waals surface area (Å²) < 4.78 is 11.0. The summed E-state index contributed by atoms with van der Waals surface area (Å²) in [5, 5.41) is 4.03. The number of anilines is 1. The molecule has 0 spiro atoms. The number of hydrogen-bond acceptors (Lipinski definition) is 5. The van der Waals surface area contributed by atoms with Crippen LogP contribution in [-0.2, 0) is 0 Å². The molecule has 1 amide bonds. The first-order valence-electron chi connectivity index (χ1n) is 8.79. The maximum Gasteiger partial charge on any atom is 0.271 e. The molecule has 0 bridgehead atoms. The van der Waals surface area contributed by atoms with E-state index in [9.17, 15) is 4.79 Å². The monoisotopic (exact) mass is 353 g/mol. The Balaban J connectivity index is 1.60. The van der Waals surface area contributed by atoms with Crippen LogP contribution >= 0.6 is 0 Å². The van der Waals surface area contributed by atoms with E-state index in [4.69, 9.17) is 9.47 Å². The maximum absolute atomic E-state index is 12.2. The molecule has 0 aliphatic carbocycles. The van der Waals surface area contributed by atoms with Crippen LogP contribution in [0.5, 0.6) is 11.5 Å². The van der Waals surface area contributed by atoms with Crippen LogP contribution < -0.4 is 19.8 Å². The van der Waals surface area contributed by atoms with Crippen molar-refractivity contribution >= 4 is 17.8 Å². The lowest BCUT2D eigenvalue weighted by Gasteiger charge is -2.20. The van der Waals surface area contributed by atoms with E-state index >= 15 is 0 Å². The van der Waals surface area contributed by atoms with Gasteiger partial charge in [0, 0.05) is 24.3 Å². The highest BCUT2D eigenvalue weighted by atomic mass is 16.6. The third-order valence-corrected chi connectivity index (χ3v) is 4.20. The van der Waals surface area contributed by atoms with Crippen LogP contribution in [-0.4, -0.2) is 38.4 Å². The van der Waals surface area contributed by atoms with Crippen molar-refractivity contribution in [3.05, 3.63) is 53.6 Å². The third kappa shape index (κ3) is 4.14. The summed E-state index contributed by atoms with van der Waals surface area (Å²) in [4.78, 5) is 14.4. The van der Waals surface area contributed by atoms with Gasteiger partial charge in [-0.1, -0.05) is 0 Å². The smallest absolute Gasteiger partial charge is 0.271 e. The van der Waals surface area contributed by atoms with Crippen LogP contribution in [0.4, 0.5) is 5.69 Å². The van der Waals surface area contributed by atoms with Crippen LogP contribution in [0.1, 0.15) is 29.8 Å². The van der Waals surface area contributed by atoms with E-state index in [1.165, 1.54) is 0 Å². The number of ether oxygens (including phenoxy) is 2.